The molecular formula is C20H25N3O. The van der Waals surface area contributed by atoms with E-state index in [1.165, 1.54) is 30.4 Å². The van der Waals surface area contributed by atoms with Gasteiger partial charge >= 0.3 is 0 Å². The van der Waals surface area contributed by atoms with Gasteiger partial charge in [0, 0.05) is 12.2 Å². The molecule has 1 amide bonds. The number of nitrogens with one attached hydrogen (secondary N) is 2. The van der Waals surface area contributed by atoms with Crippen molar-refractivity contribution in [2.45, 2.75) is 51.6 Å². The lowest BCUT2D eigenvalue weighted by Crippen LogP contribution is -2.44. The Hall–Kier alpha value is -2.20. The number of benzene rings is 1. The van der Waals surface area contributed by atoms with Crippen molar-refractivity contribution in [2.24, 2.45) is 0 Å². The van der Waals surface area contributed by atoms with Crippen molar-refractivity contribution < 1.29 is 4.79 Å². The first kappa shape index (κ1) is 16.7. The molecule has 4 nitrogen and oxygen atoms in total. The van der Waals surface area contributed by atoms with E-state index in [-0.39, 0.29) is 11.9 Å². The largest absolute Gasteiger partial charge is 0.323 e. The van der Waals surface area contributed by atoms with E-state index in [4.69, 9.17) is 0 Å². The molecule has 0 unspecified atom stereocenters. The van der Waals surface area contributed by atoms with Crippen LogP contribution in [0.3, 0.4) is 0 Å². The minimum absolute atomic E-state index is 0.00466. The Morgan fingerprint density at radius 3 is 2.79 bits per heavy atom. The van der Waals surface area contributed by atoms with Crippen LogP contribution in [0.5, 0.6) is 0 Å². The molecule has 0 fully saturated rings. The highest BCUT2D eigenvalue weighted by Crippen LogP contribution is 2.17. The summed E-state index contributed by atoms with van der Waals surface area (Å²) in [5, 5.41) is 6.28. The van der Waals surface area contributed by atoms with E-state index in [2.05, 4.69) is 34.7 Å². The fourth-order valence-corrected chi connectivity index (χ4v) is 3.07. The lowest BCUT2D eigenvalue weighted by Gasteiger charge is -2.25. The second-order valence-corrected chi connectivity index (χ2v) is 6.39. The topological polar surface area (TPSA) is 54.0 Å². The summed E-state index contributed by atoms with van der Waals surface area (Å²) in [5.41, 5.74) is 4.38. The third-order valence-electron chi connectivity index (χ3n) is 4.53. The van der Waals surface area contributed by atoms with Gasteiger partial charge in [0.1, 0.15) is 0 Å². The van der Waals surface area contributed by atoms with E-state index >= 15 is 0 Å². The quantitative estimate of drug-likeness (QED) is 0.800. The molecule has 0 radical (unpaired) electrons. The summed E-state index contributed by atoms with van der Waals surface area (Å²) in [4.78, 5) is 16.9. The van der Waals surface area contributed by atoms with Gasteiger partial charge in [-0.15, -0.1) is 0 Å². The summed E-state index contributed by atoms with van der Waals surface area (Å²) in [6, 6.07) is 12.0. The summed E-state index contributed by atoms with van der Waals surface area (Å²) in [7, 11) is 0. The van der Waals surface area contributed by atoms with Gasteiger partial charge in [-0.2, -0.15) is 0 Å². The van der Waals surface area contributed by atoms with Gasteiger partial charge in [0.15, 0.2) is 0 Å². The highest BCUT2D eigenvalue weighted by molar-refractivity contribution is 5.95. The Balaban J connectivity index is 1.55. The Labute approximate surface area is 143 Å². The zero-order chi connectivity index (χ0) is 16.8. The van der Waals surface area contributed by atoms with Crippen LogP contribution < -0.4 is 10.6 Å². The maximum Gasteiger partial charge on any atom is 0.241 e. The smallest absolute Gasteiger partial charge is 0.241 e. The SMILES string of the molecule is CCCCCc1ccc(NC(=O)[C@@H]2Cc3ccccc3CN2)cn1. The molecule has 1 atom stereocenters. The molecule has 0 spiro atoms. The van der Waals surface area contributed by atoms with E-state index in [0.29, 0.717) is 0 Å². The maximum atomic E-state index is 12.5. The first-order valence-electron chi connectivity index (χ1n) is 8.82. The van der Waals surface area contributed by atoms with Crippen LogP contribution in [0.2, 0.25) is 0 Å². The number of carbonyl (C=O) groups excluding carboxylic acids is 1. The minimum atomic E-state index is -0.191. The molecule has 4 heteroatoms. The van der Waals surface area contributed by atoms with Crippen molar-refractivity contribution in [1.29, 1.82) is 0 Å². The lowest BCUT2D eigenvalue weighted by molar-refractivity contribution is -0.118. The molecule has 1 aliphatic heterocycles. The van der Waals surface area contributed by atoms with Gasteiger partial charge in [0.2, 0.25) is 5.91 Å². The maximum absolute atomic E-state index is 12.5. The number of aromatic nitrogens is 1. The second kappa shape index (κ2) is 8.06. The average Bonchev–Trinajstić information content (AvgIpc) is 2.63. The molecule has 0 aliphatic carbocycles. The Morgan fingerprint density at radius 2 is 2.04 bits per heavy atom. The average molecular weight is 323 g/mol. The summed E-state index contributed by atoms with van der Waals surface area (Å²) >= 11 is 0. The van der Waals surface area contributed by atoms with Crippen molar-refractivity contribution in [1.82, 2.24) is 10.3 Å². The number of fused-ring (bicyclic) bond motifs is 1. The lowest BCUT2D eigenvalue weighted by atomic mass is 9.95. The van der Waals surface area contributed by atoms with Crippen molar-refractivity contribution in [3.8, 4) is 0 Å². The molecule has 2 heterocycles. The van der Waals surface area contributed by atoms with E-state index in [0.717, 1.165) is 30.8 Å². The molecule has 3 rings (SSSR count). The summed E-state index contributed by atoms with van der Waals surface area (Å²) in [5.74, 6) is 0.00466. The number of hydrogen-bond acceptors (Lipinski definition) is 3. The highest BCUT2D eigenvalue weighted by atomic mass is 16.2. The van der Waals surface area contributed by atoms with Gasteiger partial charge in [-0.25, -0.2) is 0 Å². The molecule has 0 bridgehead atoms. The third kappa shape index (κ3) is 4.20. The van der Waals surface area contributed by atoms with Crippen LogP contribution >= 0.6 is 0 Å². The standard InChI is InChI=1S/C20H25N3O/c1-2-3-4-9-17-10-11-18(14-21-17)23-20(24)19-12-15-7-5-6-8-16(15)13-22-19/h5-8,10-11,14,19,22H,2-4,9,12-13H2,1H3,(H,23,24)/t19-/m0/s1. The number of nitrogens with zero attached hydrogens (tertiary/aromatic N) is 1. The van der Waals surface area contributed by atoms with Crippen LogP contribution in [0, 0.1) is 0 Å². The number of anilines is 1. The van der Waals surface area contributed by atoms with Crippen molar-refractivity contribution in [3.05, 3.63) is 59.4 Å². The molecule has 2 N–H and O–H groups in total. The molecule has 24 heavy (non-hydrogen) atoms. The first-order chi connectivity index (χ1) is 11.8. The minimum Gasteiger partial charge on any atom is -0.323 e. The molecule has 1 aromatic carbocycles. The van der Waals surface area contributed by atoms with E-state index < -0.39 is 0 Å². The number of aryl methyl sites for hydroxylation is 1. The molecular weight excluding hydrogens is 298 g/mol. The van der Waals surface area contributed by atoms with Gasteiger partial charge in [-0.05, 0) is 42.5 Å². The fourth-order valence-electron chi connectivity index (χ4n) is 3.07. The van der Waals surface area contributed by atoms with Crippen LogP contribution in [0.1, 0.15) is 43.0 Å². The molecule has 0 saturated heterocycles. The highest BCUT2D eigenvalue weighted by Gasteiger charge is 2.23. The van der Waals surface area contributed by atoms with Crippen LogP contribution in [0.15, 0.2) is 42.6 Å². The van der Waals surface area contributed by atoms with Gasteiger partial charge in [0.05, 0.1) is 17.9 Å². The number of unbranched alkanes of at least 4 members (excludes halogenated alkanes) is 2. The van der Waals surface area contributed by atoms with Gasteiger partial charge < -0.3 is 10.6 Å². The molecule has 1 aliphatic rings. The van der Waals surface area contributed by atoms with E-state index in [1.807, 2.05) is 24.3 Å². The number of hydrogen-bond donors (Lipinski definition) is 2. The number of pyridine rings is 1. The number of rotatable bonds is 6. The van der Waals surface area contributed by atoms with Crippen molar-refractivity contribution in [2.75, 3.05) is 5.32 Å². The summed E-state index contributed by atoms with van der Waals surface area (Å²) in [6.45, 7) is 2.94. The van der Waals surface area contributed by atoms with Crippen LogP contribution in [0.25, 0.3) is 0 Å². The zero-order valence-electron chi connectivity index (χ0n) is 14.2. The molecule has 2 aromatic rings. The fraction of sp³-hybridized carbons (Fsp3) is 0.400. The van der Waals surface area contributed by atoms with Gasteiger partial charge in [-0.3, -0.25) is 9.78 Å². The van der Waals surface area contributed by atoms with Crippen LogP contribution in [-0.4, -0.2) is 16.9 Å². The molecule has 0 saturated carbocycles. The number of carbonyl (C=O) groups is 1. The third-order valence-corrected chi connectivity index (χ3v) is 4.53. The zero-order valence-corrected chi connectivity index (χ0v) is 14.2. The molecule has 1 aromatic heterocycles. The molecule has 126 valence electrons. The Morgan fingerprint density at radius 1 is 1.21 bits per heavy atom. The predicted octanol–water partition coefficient (Wildman–Crippen LogP) is 3.47. The van der Waals surface area contributed by atoms with E-state index in [1.54, 1.807) is 6.20 Å². The predicted molar refractivity (Wildman–Crippen MR) is 96.9 cm³/mol. The van der Waals surface area contributed by atoms with Crippen molar-refractivity contribution >= 4 is 11.6 Å². The summed E-state index contributed by atoms with van der Waals surface area (Å²) < 4.78 is 0. The van der Waals surface area contributed by atoms with E-state index in [9.17, 15) is 4.79 Å². The Bertz CT molecular complexity index is 682. The van der Waals surface area contributed by atoms with Crippen LogP contribution in [-0.2, 0) is 24.2 Å². The van der Waals surface area contributed by atoms with Gasteiger partial charge in [-0.1, -0.05) is 44.0 Å². The van der Waals surface area contributed by atoms with Crippen LogP contribution in [0.4, 0.5) is 5.69 Å². The monoisotopic (exact) mass is 323 g/mol. The number of amides is 1. The normalized spacial score (nSPS) is 16.5. The summed E-state index contributed by atoms with van der Waals surface area (Å²) in [6.07, 6.45) is 7.10. The Kier molecular flexibility index (Phi) is 5.59. The van der Waals surface area contributed by atoms with Crippen molar-refractivity contribution in [3.63, 3.8) is 0 Å². The first-order valence-corrected chi connectivity index (χ1v) is 8.82. The second-order valence-electron chi connectivity index (χ2n) is 6.39. The van der Waals surface area contributed by atoms with Gasteiger partial charge in [0.25, 0.3) is 0 Å².